The summed E-state index contributed by atoms with van der Waals surface area (Å²) < 4.78 is 5.19. The molecule has 0 saturated carbocycles. The van der Waals surface area contributed by atoms with Crippen molar-refractivity contribution in [3.05, 3.63) is 126 Å². The first-order valence-electron chi connectivity index (χ1n) is 15.4. The van der Waals surface area contributed by atoms with Crippen LogP contribution in [0.25, 0.3) is 22.1 Å². The first kappa shape index (κ1) is 36.9. The number of aryl methyl sites for hydroxylation is 2. The molecule has 12 nitrogen and oxygen atoms in total. The molecular formula is C37H40CoN10O2. The molecule has 50 heavy (non-hydrogen) atoms. The van der Waals surface area contributed by atoms with Crippen LogP contribution < -0.4 is 9.80 Å². The molecule has 259 valence electrons. The maximum atomic E-state index is 10.2. The third-order valence-electron chi connectivity index (χ3n) is 7.74. The fourth-order valence-corrected chi connectivity index (χ4v) is 4.91. The molecule has 0 amide bonds. The second-order valence-corrected chi connectivity index (χ2v) is 11.6. The van der Waals surface area contributed by atoms with E-state index in [0.29, 0.717) is 22.8 Å². The van der Waals surface area contributed by atoms with Crippen LogP contribution in [0.15, 0.2) is 112 Å². The zero-order valence-corrected chi connectivity index (χ0v) is 29.8. The van der Waals surface area contributed by atoms with Crippen molar-refractivity contribution in [3.63, 3.8) is 0 Å². The SMILES string of the molecule is C=[N+]([CH-]c1nc2ccccc2n1C)/N=C(\O)c1ccc(N(C)C)cc1.CN(C)c1ccc(/C(O)=N/N=Cc2nc3ccccc3n2C)cc1.[Co]. The average molecular weight is 716 g/mol. The third kappa shape index (κ3) is 8.75. The first-order valence-corrected chi connectivity index (χ1v) is 15.4. The Hall–Kier alpha value is -5.92. The predicted octanol–water partition coefficient (Wildman–Crippen LogP) is 5.76. The standard InChI is InChI=1S/C19H21N5O.C18H19N5O.Co/c1-22(2)15-11-9-14(10-12-15)19(25)21-23(3)13-18-20-16-7-5-6-8-17(16)24(18)4;1-22(2)14-10-8-13(9-11-14)18(24)21-19-12-17-20-15-6-4-5-7-16(15)23(17)3;/h5-13H,3H2,1-2,4H3,(H,21,25);4-12H,1-3H3,(H,21,24);. The number of hydrogen-bond acceptors (Lipinski definition) is 7. The molecule has 0 aliphatic rings. The van der Waals surface area contributed by atoms with E-state index in [2.05, 4.69) is 32.0 Å². The Morgan fingerprint density at radius 2 is 1.20 bits per heavy atom. The van der Waals surface area contributed by atoms with Crippen LogP contribution in [0.2, 0.25) is 0 Å². The van der Waals surface area contributed by atoms with Crippen LogP contribution in [0.4, 0.5) is 11.4 Å². The van der Waals surface area contributed by atoms with Crippen molar-refractivity contribution in [2.24, 2.45) is 29.4 Å². The number of hydrazone groups is 1. The number of nitrogens with zero attached hydrogens (tertiary/aromatic N) is 10. The van der Waals surface area contributed by atoms with Crippen molar-refractivity contribution in [2.45, 2.75) is 0 Å². The number of rotatable bonds is 9. The second kappa shape index (κ2) is 16.5. The normalized spacial score (nSPS) is 11.6. The Morgan fingerprint density at radius 3 is 1.70 bits per heavy atom. The molecule has 0 fully saturated rings. The number of imidazole rings is 2. The Morgan fingerprint density at radius 1 is 0.720 bits per heavy atom. The molecule has 2 N–H and O–H groups in total. The second-order valence-electron chi connectivity index (χ2n) is 11.6. The molecule has 0 aliphatic heterocycles. The smallest absolute Gasteiger partial charge is 0.280 e. The van der Waals surface area contributed by atoms with Crippen LogP contribution in [0, 0.1) is 6.54 Å². The summed E-state index contributed by atoms with van der Waals surface area (Å²) in [5.74, 6) is 1.15. The molecule has 6 aromatic rings. The summed E-state index contributed by atoms with van der Waals surface area (Å²) in [7, 11) is 11.7. The van der Waals surface area contributed by atoms with E-state index < -0.39 is 0 Å². The van der Waals surface area contributed by atoms with Gasteiger partial charge in [0, 0.05) is 93.4 Å². The minimum atomic E-state index is -0.129. The van der Waals surface area contributed by atoms with Gasteiger partial charge in [0.2, 0.25) is 5.90 Å². The molecule has 0 aliphatic carbocycles. The van der Waals surface area contributed by atoms with E-state index in [-0.39, 0.29) is 28.6 Å². The van der Waals surface area contributed by atoms with Gasteiger partial charge in [0.05, 0.1) is 34.8 Å². The molecule has 6 rings (SSSR count). The van der Waals surface area contributed by atoms with E-state index in [4.69, 9.17) is 0 Å². The van der Waals surface area contributed by atoms with E-state index in [1.807, 2.05) is 146 Å². The van der Waals surface area contributed by atoms with Gasteiger partial charge in [-0.25, -0.2) is 14.7 Å². The Balaban J connectivity index is 0.000000220. The first-order chi connectivity index (χ1) is 23.5. The van der Waals surface area contributed by atoms with Crippen molar-refractivity contribution in [1.82, 2.24) is 19.1 Å². The summed E-state index contributed by atoms with van der Waals surface area (Å²) in [4.78, 5) is 13.0. The number of aliphatic hydroxyl groups excluding tert-OH is 2. The van der Waals surface area contributed by atoms with E-state index >= 15 is 0 Å². The number of aliphatic hydroxyl groups is 2. The predicted molar refractivity (Wildman–Crippen MR) is 200 cm³/mol. The van der Waals surface area contributed by atoms with E-state index in [9.17, 15) is 10.2 Å². The molecule has 0 spiro atoms. The number of benzene rings is 4. The molecule has 4 aromatic carbocycles. The fraction of sp³-hybridized carbons (Fsp3) is 0.162. The van der Waals surface area contributed by atoms with Crippen LogP contribution in [0.3, 0.4) is 0 Å². The molecule has 0 bridgehead atoms. The zero-order valence-electron chi connectivity index (χ0n) is 28.8. The van der Waals surface area contributed by atoms with E-state index in [1.165, 1.54) is 10.9 Å². The number of fused-ring (bicyclic) bond motifs is 2. The molecule has 2 heterocycles. The van der Waals surface area contributed by atoms with Gasteiger partial charge in [0.25, 0.3) is 5.90 Å². The van der Waals surface area contributed by atoms with Crippen LogP contribution in [0.1, 0.15) is 22.8 Å². The topological polar surface area (TPSA) is 123 Å². The summed E-state index contributed by atoms with van der Waals surface area (Å²) in [5, 5.41) is 32.1. The number of aromatic nitrogens is 4. The molecule has 0 unspecified atom stereocenters. The van der Waals surface area contributed by atoms with Gasteiger partial charge in [-0.1, -0.05) is 24.3 Å². The van der Waals surface area contributed by atoms with Gasteiger partial charge >= 0.3 is 0 Å². The largest absolute Gasteiger partial charge is 0.492 e. The minimum Gasteiger partial charge on any atom is -0.492 e. The number of hydrogen-bond donors (Lipinski definition) is 2. The number of para-hydroxylation sites is 4. The summed E-state index contributed by atoms with van der Waals surface area (Å²) >= 11 is 0. The maximum Gasteiger partial charge on any atom is 0.280 e. The van der Waals surface area contributed by atoms with Gasteiger partial charge in [-0.15, -0.1) is 5.10 Å². The Labute approximate surface area is 301 Å². The van der Waals surface area contributed by atoms with Crippen LogP contribution in [-0.4, -0.2) is 86.9 Å². The van der Waals surface area contributed by atoms with Crippen molar-refractivity contribution < 1.29 is 31.7 Å². The molecular weight excluding hydrogens is 675 g/mol. The van der Waals surface area contributed by atoms with Gasteiger partial charge < -0.3 is 29.1 Å². The third-order valence-corrected chi connectivity index (χ3v) is 7.74. The molecule has 13 heteroatoms. The monoisotopic (exact) mass is 715 g/mol. The summed E-state index contributed by atoms with van der Waals surface area (Å²) in [6.45, 7) is 5.50. The van der Waals surface area contributed by atoms with Gasteiger partial charge in [0.1, 0.15) is 5.82 Å². The van der Waals surface area contributed by atoms with Crippen LogP contribution in [-0.2, 0) is 30.9 Å². The summed E-state index contributed by atoms with van der Waals surface area (Å²) in [6, 6.07) is 30.6. The Bertz CT molecular complexity index is 2160. The molecule has 0 saturated heterocycles. The van der Waals surface area contributed by atoms with Crippen molar-refractivity contribution in [1.29, 1.82) is 0 Å². The zero-order chi connectivity index (χ0) is 35.1. The van der Waals surface area contributed by atoms with Gasteiger partial charge in [-0.3, -0.25) is 0 Å². The van der Waals surface area contributed by atoms with Crippen molar-refractivity contribution >= 4 is 58.2 Å². The van der Waals surface area contributed by atoms with Gasteiger partial charge in [0.15, 0.2) is 5.82 Å². The number of anilines is 2. The van der Waals surface area contributed by atoms with Crippen molar-refractivity contribution in [3.8, 4) is 0 Å². The summed E-state index contributed by atoms with van der Waals surface area (Å²) in [5.41, 5.74) is 7.18. The molecule has 0 atom stereocenters. The molecule has 2 aromatic heterocycles. The van der Waals surface area contributed by atoms with Crippen molar-refractivity contribution in [2.75, 3.05) is 38.0 Å². The van der Waals surface area contributed by atoms with Gasteiger partial charge in [-0.2, -0.15) is 5.10 Å². The van der Waals surface area contributed by atoms with Crippen LogP contribution in [0.5, 0.6) is 0 Å². The Kier molecular flexibility index (Phi) is 12.1. The quantitative estimate of drug-likeness (QED) is 0.0646. The maximum absolute atomic E-state index is 10.2. The van der Waals surface area contributed by atoms with Crippen LogP contribution >= 0.6 is 0 Å². The molecule has 1 radical (unpaired) electrons. The fourth-order valence-electron chi connectivity index (χ4n) is 4.91. The summed E-state index contributed by atoms with van der Waals surface area (Å²) in [6.07, 6.45) is 1.53. The minimum absolute atomic E-state index is 0. The van der Waals surface area contributed by atoms with E-state index in [1.54, 1.807) is 18.7 Å². The van der Waals surface area contributed by atoms with Gasteiger partial charge in [-0.05, 0) is 72.8 Å². The average Bonchev–Trinajstić information content (AvgIpc) is 3.59. The van der Waals surface area contributed by atoms with E-state index in [0.717, 1.165) is 33.4 Å².